The second kappa shape index (κ2) is 3.98. The van der Waals surface area contributed by atoms with Gasteiger partial charge in [0.05, 0.1) is 11.8 Å². The van der Waals surface area contributed by atoms with Gasteiger partial charge in [-0.3, -0.25) is 9.36 Å². The summed E-state index contributed by atoms with van der Waals surface area (Å²) in [6, 6.07) is 6.63. The number of furan rings is 1. The third-order valence-corrected chi connectivity index (χ3v) is 3.12. The van der Waals surface area contributed by atoms with Crippen molar-refractivity contribution in [1.29, 1.82) is 0 Å². The number of hydrogen-bond acceptors (Lipinski definition) is 4. The van der Waals surface area contributed by atoms with Gasteiger partial charge in [0.2, 0.25) is 5.78 Å². The summed E-state index contributed by atoms with van der Waals surface area (Å²) in [6.07, 6.45) is 1.48. The molecule has 5 heteroatoms. The maximum Gasteiger partial charge on any atom is 0.419 e. The smallest absolute Gasteiger partial charge is 0.419 e. The van der Waals surface area contributed by atoms with Crippen LogP contribution in [0.3, 0.4) is 0 Å². The van der Waals surface area contributed by atoms with E-state index in [-0.39, 0.29) is 5.78 Å². The van der Waals surface area contributed by atoms with Crippen molar-refractivity contribution >= 4 is 16.9 Å². The molecule has 0 radical (unpaired) electrons. The van der Waals surface area contributed by atoms with Crippen molar-refractivity contribution in [3.8, 4) is 0 Å². The van der Waals surface area contributed by atoms with Gasteiger partial charge < -0.3 is 8.83 Å². The molecule has 0 saturated carbocycles. The van der Waals surface area contributed by atoms with Gasteiger partial charge in [-0.25, -0.2) is 4.79 Å². The molecule has 0 aliphatic rings. The summed E-state index contributed by atoms with van der Waals surface area (Å²) in [6.45, 7) is 1.80. The summed E-state index contributed by atoms with van der Waals surface area (Å²) in [5, 5.41) is 0. The van der Waals surface area contributed by atoms with Crippen LogP contribution in [0.4, 0.5) is 0 Å². The predicted octanol–water partition coefficient (Wildman–Crippen LogP) is 2.26. The van der Waals surface area contributed by atoms with Crippen LogP contribution in [0.2, 0.25) is 0 Å². The number of carbonyl (C=O) groups is 1. The zero-order valence-electron chi connectivity index (χ0n) is 10.5. The molecule has 96 valence electrons. The van der Waals surface area contributed by atoms with Crippen molar-refractivity contribution in [3.05, 3.63) is 58.0 Å². The quantitative estimate of drug-likeness (QED) is 0.660. The summed E-state index contributed by atoms with van der Waals surface area (Å²) in [5.74, 6) is -0.373. The van der Waals surface area contributed by atoms with Crippen molar-refractivity contribution in [1.82, 2.24) is 4.57 Å². The van der Waals surface area contributed by atoms with E-state index in [1.54, 1.807) is 38.2 Å². The van der Waals surface area contributed by atoms with Crippen LogP contribution < -0.4 is 5.76 Å². The van der Waals surface area contributed by atoms with Gasteiger partial charge in [0.1, 0.15) is 0 Å². The number of aryl methyl sites for hydroxylation is 2. The van der Waals surface area contributed by atoms with Gasteiger partial charge in [-0.15, -0.1) is 0 Å². The lowest BCUT2D eigenvalue weighted by molar-refractivity contribution is 0.101. The Morgan fingerprint density at radius 2 is 2.05 bits per heavy atom. The molecule has 0 fully saturated rings. The number of nitrogens with zero attached hydrogens (tertiary/aromatic N) is 1. The summed E-state index contributed by atoms with van der Waals surface area (Å²) >= 11 is 0. The lowest BCUT2D eigenvalue weighted by atomic mass is 10.1. The summed E-state index contributed by atoms with van der Waals surface area (Å²) in [5.41, 5.74) is 2.25. The molecule has 0 amide bonds. The van der Waals surface area contributed by atoms with E-state index >= 15 is 0 Å². The molecule has 0 spiro atoms. The standard InChI is InChI=1S/C14H11NO4/c1-8-5-6-18-13(8)12(16)9-3-4-10-11(7-9)19-14(17)15(10)2/h3-7H,1-2H3. The highest BCUT2D eigenvalue weighted by Gasteiger charge is 2.17. The first-order valence-electron chi connectivity index (χ1n) is 5.76. The van der Waals surface area contributed by atoms with Gasteiger partial charge in [0.25, 0.3) is 0 Å². The van der Waals surface area contributed by atoms with Gasteiger partial charge >= 0.3 is 5.76 Å². The number of carbonyl (C=O) groups excluding carboxylic acids is 1. The first-order valence-corrected chi connectivity index (χ1v) is 5.76. The van der Waals surface area contributed by atoms with Crippen LogP contribution in [0.1, 0.15) is 21.7 Å². The van der Waals surface area contributed by atoms with E-state index in [1.807, 2.05) is 0 Å². The number of hydrogen-bond donors (Lipinski definition) is 0. The molecular formula is C14H11NO4. The molecule has 19 heavy (non-hydrogen) atoms. The van der Waals surface area contributed by atoms with Gasteiger partial charge in [-0.1, -0.05) is 0 Å². The zero-order chi connectivity index (χ0) is 13.6. The summed E-state index contributed by atoms with van der Waals surface area (Å²) < 4.78 is 11.6. The van der Waals surface area contributed by atoms with Gasteiger partial charge in [-0.2, -0.15) is 0 Å². The van der Waals surface area contributed by atoms with E-state index in [0.29, 0.717) is 22.4 Å². The molecule has 2 aromatic heterocycles. The normalized spacial score (nSPS) is 11.1. The highest BCUT2D eigenvalue weighted by Crippen LogP contribution is 2.19. The molecule has 0 aliphatic carbocycles. The molecule has 0 bridgehead atoms. The Morgan fingerprint density at radius 3 is 2.74 bits per heavy atom. The number of aromatic nitrogens is 1. The third kappa shape index (κ3) is 1.71. The topological polar surface area (TPSA) is 65.3 Å². The van der Waals surface area contributed by atoms with E-state index in [2.05, 4.69) is 0 Å². The average molecular weight is 257 g/mol. The molecule has 0 atom stereocenters. The van der Waals surface area contributed by atoms with Crippen LogP contribution in [0.5, 0.6) is 0 Å². The van der Waals surface area contributed by atoms with Crippen molar-refractivity contribution in [3.63, 3.8) is 0 Å². The molecule has 0 N–H and O–H groups in total. The lowest BCUT2D eigenvalue weighted by Crippen LogP contribution is -2.08. The zero-order valence-corrected chi connectivity index (χ0v) is 10.5. The van der Waals surface area contributed by atoms with Gasteiger partial charge in [-0.05, 0) is 36.8 Å². The van der Waals surface area contributed by atoms with Crippen LogP contribution in [-0.2, 0) is 7.05 Å². The van der Waals surface area contributed by atoms with E-state index in [9.17, 15) is 9.59 Å². The van der Waals surface area contributed by atoms with Crippen LogP contribution >= 0.6 is 0 Å². The van der Waals surface area contributed by atoms with E-state index in [0.717, 1.165) is 5.56 Å². The highest BCUT2D eigenvalue weighted by molar-refractivity contribution is 6.09. The summed E-state index contributed by atoms with van der Waals surface area (Å²) in [7, 11) is 1.62. The average Bonchev–Trinajstić information content (AvgIpc) is 2.93. The number of rotatable bonds is 2. The maximum absolute atomic E-state index is 12.2. The first kappa shape index (κ1) is 11.5. The molecule has 3 rings (SSSR count). The minimum Gasteiger partial charge on any atom is -0.461 e. The molecule has 3 aromatic rings. The van der Waals surface area contributed by atoms with Crippen molar-refractivity contribution in [2.75, 3.05) is 0 Å². The van der Waals surface area contributed by atoms with E-state index < -0.39 is 5.76 Å². The Morgan fingerprint density at radius 1 is 1.26 bits per heavy atom. The predicted molar refractivity (Wildman–Crippen MR) is 68.3 cm³/mol. The van der Waals surface area contributed by atoms with E-state index in [4.69, 9.17) is 8.83 Å². The maximum atomic E-state index is 12.2. The largest absolute Gasteiger partial charge is 0.461 e. The molecule has 0 saturated heterocycles. The number of oxazole rings is 1. The van der Waals surface area contributed by atoms with Crippen molar-refractivity contribution in [2.45, 2.75) is 6.92 Å². The highest BCUT2D eigenvalue weighted by atomic mass is 16.4. The Balaban J connectivity index is 2.14. The molecule has 2 heterocycles. The van der Waals surface area contributed by atoms with Gasteiger partial charge in [0, 0.05) is 12.6 Å². The minimum absolute atomic E-state index is 0.226. The third-order valence-electron chi connectivity index (χ3n) is 3.12. The fourth-order valence-corrected chi connectivity index (χ4v) is 2.01. The van der Waals surface area contributed by atoms with Gasteiger partial charge in [0.15, 0.2) is 11.3 Å². The Bertz CT molecular complexity index is 835. The molecule has 0 unspecified atom stereocenters. The van der Waals surface area contributed by atoms with Crippen LogP contribution in [-0.4, -0.2) is 10.4 Å². The number of ketones is 1. The number of benzene rings is 1. The Kier molecular flexibility index (Phi) is 2.41. The fraction of sp³-hybridized carbons (Fsp3) is 0.143. The minimum atomic E-state index is -0.450. The molecule has 1 aromatic carbocycles. The first-order chi connectivity index (χ1) is 9.08. The van der Waals surface area contributed by atoms with Crippen molar-refractivity contribution < 1.29 is 13.6 Å². The SMILES string of the molecule is Cc1ccoc1C(=O)c1ccc2c(c1)oc(=O)n2C. The molecular weight excluding hydrogens is 246 g/mol. The number of fused-ring (bicyclic) bond motifs is 1. The van der Waals surface area contributed by atoms with Crippen LogP contribution in [0, 0.1) is 6.92 Å². The second-order valence-electron chi connectivity index (χ2n) is 4.37. The van der Waals surface area contributed by atoms with Crippen molar-refractivity contribution in [2.24, 2.45) is 7.05 Å². The van der Waals surface area contributed by atoms with Crippen LogP contribution in [0.15, 0.2) is 44.2 Å². The lowest BCUT2D eigenvalue weighted by Gasteiger charge is -1.99. The Hall–Kier alpha value is -2.56. The molecule has 5 nitrogen and oxygen atoms in total. The van der Waals surface area contributed by atoms with E-state index in [1.165, 1.54) is 10.8 Å². The van der Waals surface area contributed by atoms with Crippen LogP contribution in [0.25, 0.3) is 11.1 Å². The summed E-state index contributed by atoms with van der Waals surface area (Å²) in [4.78, 5) is 23.6. The Labute approximate surface area is 108 Å². The molecule has 0 aliphatic heterocycles. The fourth-order valence-electron chi connectivity index (χ4n) is 2.01. The second-order valence-corrected chi connectivity index (χ2v) is 4.37. The monoisotopic (exact) mass is 257 g/mol.